The Hall–Kier alpha value is -4.67. The molecule has 3 atom stereocenters. The Kier molecular flexibility index (Phi) is 17.2. The van der Waals surface area contributed by atoms with E-state index in [4.69, 9.17) is 20.9 Å². The van der Waals surface area contributed by atoms with E-state index in [-0.39, 0.29) is 30.5 Å². The molecule has 2 aromatic rings. The molecule has 2 amide bonds. The van der Waals surface area contributed by atoms with Gasteiger partial charge in [-0.15, -0.1) is 0 Å². The van der Waals surface area contributed by atoms with E-state index < -0.39 is 29.9 Å². The van der Waals surface area contributed by atoms with E-state index in [1.165, 1.54) is 19.6 Å². The third kappa shape index (κ3) is 14.9. The number of carbonyl (C=O) groups is 4. The van der Waals surface area contributed by atoms with Crippen molar-refractivity contribution < 1.29 is 28.7 Å². The number of methoxy groups -OCH3 is 1. The Bertz CT molecular complexity index is 1280. The highest BCUT2D eigenvalue weighted by Crippen LogP contribution is 2.19. The van der Waals surface area contributed by atoms with Crippen molar-refractivity contribution in [1.82, 2.24) is 10.6 Å². The number of amides is 2. The Morgan fingerprint density at radius 3 is 2.22 bits per heavy atom. The number of nitrogens with two attached hydrogens (primary N) is 2. The normalized spacial score (nSPS) is 12.6. The van der Waals surface area contributed by atoms with Gasteiger partial charge >= 0.3 is 5.97 Å². The molecule has 0 aliphatic carbocycles. The number of aryl methyl sites for hydroxylation is 1. The van der Waals surface area contributed by atoms with Crippen LogP contribution in [0.25, 0.3) is 0 Å². The monoisotopic (exact) mass is 635 g/mol. The molecule has 0 saturated heterocycles. The van der Waals surface area contributed by atoms with E-state index in [9.17, 15) is 19.2 Å². The molecule has 0 aromatic heterocycles. The summed E-state index contributed by atoms with van der Waals surface area (Å²) in [6.07, 6.45) is 6.08. The zero-order chi connectivity index (χ0) is 33.7. The van der Waals surface area contributed by atoms with Crippen molar-refractivity contribution in [2.24, 2.45) is 22.4 Å². The van der Waals surface area contributed by atoms with Crippen molar-refractivity contribution >= 4 is 29.5 Å². The van der Waals surface area contributed by atoms with Crippen LogP contribution in [0.3, 0.4) is 0 Å². The summed E-state index contributed by atoms with van der Waals surface area (Å²) < 4.78 is 10.5. The number of nitrogens with zero attached hydrogens (tertiary/aromatic N) is 1. The topological polar surface area (TPSA) is 175 Å². The molecule has 0 spiro atoms. The molecule has 11 nitrogen and oxygen atoms in total. The van der Waals surface area contributed by atoms with Gasteiger partial charge < -0.3 is 31.6 Å². The van der Waals surface area contributed by atoms with E-state index in [1.807, 2.05) is 30.3 Å². The predicted molar refractivity (Wildman–Crippen MR) is 179 cm³/mol. The summed E-state index contributed by atoms with van der Waals surface area (Å²) in [4.78, 5) is 55.9. The van der Waals surface area contributed by atoms with E-state index in [1.54, 1.807) is 18.2 Å². The lowest BCUT2D eigenvalue weighted by Gasteiger charge is -2.23. The van der Waals surface area contributed by atoms with Crippen molar-refractivity contribution in [3.05, 3.63) is 78.4 Å². The molecule has 6 N–H and O–H groups in total. The van der Waals surface area contributed by atoms with Crippen molar-refractivity contribution in [2.45, 2.75) is 76.8 Å². The van der Waals surface area contributed by atoms with Gasteiger partial charge in [-0.25, -0.2) is 4.79 Å². The first kappa shape index (κ1) is 37.5. The SMILES string of the molecule is C=CCOc1ccc(C[C@H](NC(C)=O)C(=O)C[C@@H](CCCCN=C(N)N)C(=O)N[C@@H](CCCCc2ccccc2)C(=O)OC)cc1. The van der Waals surface area contributed by atoms with Crippen molar-refractivity contribution in [3.8, 4) is 5.75 Å². The first-order valence-electron chi connectivity index (χ1n) is 15.7. The van der Waals surface area contributed by atoms with Crippen LogP contribution in [0.1, 0.15) is 63.0 Å². The number of unbranched alkanes of at least 4 members (excludes halogenated alkanes) is 2. The second kappa shape index (κ2) is 21.1. The van der Waals surface area contributed by atoms with Crippen LogP contribution >= 0.6 is 0 Å². The number of carbonyl (C=O) groups excluding carboxylic acids is 4. The minimum absolute atomic E-state index is 0.0175. The third-order valence-corrected chi connectivity index (χ3v) is 7.42. The molecule has 0 bridgehead atoms. The molecule has 2 rings (SSSR count). The van der Waals surface area contributed by atoms with Crippen molar-refractivity contribution in [1.29, 1.82) is 0 Å². The Labute approximate surface area is 272 Å². The first-order chi connectivity index (χ1) is 22.1. The average molecular weight is 636 g/mol. The molecule has 0 radical (unpaired) electrons. The highest BCUT2D eigenvalue weighted by molar-refractivity contribution is 5.93. The fourth-order valence-electron chi connectivity index (χ4n) is 5.03. The van der Waals surface area contributed by atoms with Crippen LogP contribution in [-0.4, -0.2) is 61.9 Å². The van der Waals surface area contributed by atoms with Gasteiger partial charge in [0.2, 0.25) is 11.8 Å². The molecule has 2 aromatic carbocycles. The Morgan fingerprint density at radius 2 is 1.59 bits per heavy atom. The fraction of sp³-hybridized carbons (Fsp3) is 0.457. The Morgan fingerprint density at radius 1 is 0.891 bits per heavy atom. The summed E-state index contributed by atoms with van der Waals surface area (Å²) in [5, 5.41) is 5.58. The smallest absolute Gasteiger partial charge is 0.328 e. The van der Waals surface area contributed by atoms with Crippen LogP contribution in [0.2, 0.25) is 0 Å². The summed E-state index contributed by atoms with van der Waals surface area (Å²) in [6.45, 7) is 5.74. The minimum atomic E-state index is -0.847. The second-order valence-corrected chi connectivity index (χ2v) is 11.2. The summed E-state index contributed by atoms with van der Waals surface area (Å²) in [5.74, 6) is -1.71. The second-order valence-electron chi connectivity index (χ2n) is 11.2. The van der Waals surface area contributed by atoms with Crippen LogP contribution in [0.4, 0.5) is 0 Å². The van der Waals surface area contributed by atoms with Gasteiger partial charge in [0.15, 0.2) is 11.7 Å². The van der Waals surface area contributed by atoms with E-state index >= 15 is 0 Å². The number of Topliss-reactive ketones (excluding diaryl/α,β-unsaturated/α-hetero) is 1. The molecule has 0 saturated carbocycles. The lowest BCUT2D eigenvalue weighted by atomic mass is 9.90. The molecule has 250 valence electrons. The number of ketones is 1. The Balaban J connectivity index is 2.13. The van der Waals surface area contributed by atoms with Gasteiger partial charge in [-0.2, -0.15) is 0 Å². The van der Waals surface area contributed by atoms with Gasteiger partial charge in [0, 0.05) is 25.8 Å². The van der Waals surface area contributed by atoms with E-state index in [0.29, 0.717) is 51.0 Å². The summed E-state index contributed by atoms with van der Waals surface area (Å²) in [5.41, 5.74) is 12.9. The highest BCUT2D eigenvalue weighted by atomic mass is 16.5. The van der Waals surface area contributed by atoms with Gasteiger partial charge in [0.1, 0.15) is 18.4 Å². The maximum atomic E-state index is 13.6. The average Bonchev–Trinajstić information content (AvgIpc) is 3.04. The molecule has 0 fully saturated rings. The highest BCUT2D eigenvalue weighted by Gasteiger charge is 2.30. The third-order valence-electron chi connectivity index (χ3n) is 7.42. The number of esters is 1. The maximum absolute atomic E-state index is 13.6. The molecule has 0 unspecified atom stereocenters. The largest absolute Gasteiger partial charge is 0.490 e. The number of benzene rings is 2. The molecule has 0 aliphatic heterocycles. The van der Waals surface area contributed by atoms with Crippen LogP contribution in [0.5, 0.6) is 5.75 Å². The molecular formula is C35H49N5O6. The van der Waals surface area contributed by atoms with Gasteiger partial charge in [-0.05, 0) is 61.8 Å². The van der Waals surface area contributed by atoms with Gasteiger partial charge in [0.25, 0.3) is 0 Å². The quantitative estimate of drug-likeness (QED) is 0.0501. The number of hydrogen-bond donors (Lipinski definition) is 4. The molecule has 11 heteroatoms. The zero-order valence-electron chi connectivity index (χ0n) is 27.0. The van der Waals surface area contributed by atoms with Crippen molar-refractivity contribution in [3.63, 3.8) is 0 Å². The van der Waals surface area contributed by atoms with E-state index in [2.05, 4.69) is 34.3 Å². The number of guanidine groups is 1. The van der Waals surface area contributed by atoms with Crippen LogP contribution in [0, 0.1) is 5.92 Å². The fourth-order valence-corrected chi connectivity index (χ4v) is 5.03. The first-order valence-corrected chi connectivity index (χ1v) is 15.7. The molecule has 46 heavy (non-hydrogen) atoms. The summed E-state index contributed by atoms with van der Waals surface area (Å²) in [7, 11) is 1.28. The van der Waals surface area contributed by atoms with E-state index in [0.717, 1.165) is 18.4 Å². The minimum Gasteiger partial charge on any atom is -0.490 e. The van der Waals surface area contributed by atoms with Gasteiger partial charge in [-0.3, -0.25) is 19.4 Å². The molecular weight excluding hydrogens is 586 g/mol. The van der Waals surface area contributed by atoms with Crippen LogP contribution in [0.15, 0.2) is 72.2 Å². The standard InChI is InChI=1S/C35H49N5O6/c1-4-22-46-29-19-17-27(18-20-29)23-31(39-25(2)41)32(42)24-28(15-10-11-21-38-35(36)37)33(43)40-30(34(44)45-3)16-9-8-14-26-12-6-5-7-13-26/h4-7,12-13,17-20,28,30-31H,1,8-11,14-16,21-24H2,2-3H3,(H,39,41)(H,40,43)(H4,36,37,38)/t28-,30+,31+/m1/s1. The number of rotatable bonds is 22. The lowest BCUT2D eigenvalue weighted by molar-refractivity contribution is -0.146. The predicted octanol–water partition coefficient (Wildman–Crippen LogP) is 3.39. The maximum Gasteiger partial charge on any atom is 0.328 e. The number of aliphatic imine (C=N–C) groups is 1. The van der Waals surface area contributed by atoms with Gasteiger partial charge in [-0.1, -0.05) is 68.0 Å². The molecule has 0 heterocycles. The number of ether oxygens (including phenoxy) is 2. The lowest BCUT2D eigenvalue weighted by Crippen LogP contribution is -2.46. The van der Waals surface area contributed by atoms with Crippen LogP contribution < -0.4 is 26.8 Å². The summed E-state index contributed by atoms with van der Waals surface area (Å²) in [6, 6.07) is 15.6. The zero-order valence-corrected chi connectivity index (χ0v) is 27.0. The number of nitrogens with one attached hydrogen (secondary N) is 2. The molecule has 0 aliphatic rings. The number of hydrogen-bond acceptors (Lipinski definition) is 7. The van der Waals surface area contributed by atoms with Crippen molar-refractivity contribution in [2.75, 3.05) is 20.3 Å². The van der Waals surface area contributed by atoms with Crippen LogP contribution in [-0.2, 0) is 36.8 Å². The summed E-state index contributed by atoms with van der Waals surface area (Å²) >= 11 is 0. The van der Waals surface area contributed by atoms with Gasteiger partial charge in [0.05, 0.1) is 13.2 Å².